The van der Waals surface area contributed by atoms with E-state index in [0.717, 1.165) is 69.8 Å². The van der Waals surface area contributed by atoms with E-state index in [4.69, 9.17) is 38.5 Å². The van der Waals surface area contributed by atoms with Gasteiger partial charge in [-0.3, -0.25) is 34.1 Å². The third-order valence-corrected chi connectivity index (χ3v) is 19.9. The smallest absolute Gasteiger partial charge is 0.410 e. The molecule has 4 unspecified atom stereocenters. The number of imide groups is 1. The zero-order valence-electron chi connectivity index (χ0n) is 55.8. The Bertz CT molecular complexity index is 4020. The summed E-state index contributed by atoms with van der Waals surface area (Å²) in [5.74, 6) is -4.14. The number of carbonyl (C=O) groups is 7. The number of benzene rings is 3. The number of aromatic carboxylic acids is 1. The number of anilines is 2. The lowest BCUT2D eigenvalue weighted by Gasteiger charge is -2.58. The number of carboxylic acid groups (broad SMARTS) is 2. The van der Waals surface area contributed by atoms with Crippen molar-refractivity contribution in [2.24, 2.45) is 16.7 Å². The molecule has 2 aliphatic carbocycles. The SMILES string of the molecule is Cc1c(-c2ccc(N3CCc4cccc(C(=O)Nc5nc6ccccc6s5)c4C3)nc2C(=O)O)cnn1CC1(C)CC2(C)CC(C)CC(OCCN(CC[C@H](O)CO)C(=O)OCc3ccc(O[C@@H]4O[C@H](C(=O)O)[C@@H](O)[C@H](O)[C@H]4O)cc3OCCOCCNC(=O)CN3C(=O)C=CC3=O)(C2)C1. The fourth-order valence-electron chi connectivity index (χ4n) is 15.0. The van der Waals surface area contributed by atoms with E-state index in [-0.39, 0.29) is 92.0 Å². The van der Waals surface area contributed by atoms with Gasteiger partial charge in [0, 0.05) is 85.4 Å². The highest BCUT2D eigenvalue weighted by Gasteiger charge is 2.56. The highest BCUT2D eigenvalue weighted by Crippen LogP contribution is 2.60. The van der Waals surface area contributed by atoms with Crippen molar-refractivity contribution in [3.63, 3.8) is 0 Å². The first-order valence-electron chi connectivity index (χ1n) is 33.2. The number of amides is 5. The molecule has 29 nitrogen and oxygen atoms in total. The second kappa shape index (κ2) is 30.9. The van der Waals surface area contributed by atoms with Crippen LogP contribution >= 0.6 is 11.3 Å². The van der Waals surface area contributed by atoms with E-state index in [1.807, 2.05) is 59.0 Å². The molecular formula is C70H83N9O20S. The van der Waals surface area contributed by atoms with Crippen LogP contribution in [0.3, 0.4) is 0 Å². The standard InChI is InChI=1S/C70H83N9O20S/c1-40-29-68(3)36-69(4,39-79-41(2)48(31-72-79)46-14-15-53(74-57(46)63(89)90)77-21-18-42-8-7-9-47(49(42)32-77)62(88)75-66-73-50-10-5-6-11-52(50)100-66)38-70(30-40,37-68)97-25-23-76(22-19-44(81)34-80)67(93)96-35-43-12-13-45(98-65-60(87)58(85)59(86)61(99-65)64(91)92)28-51(43)95-27-26-94-24-20-71-54(82)33-78-55(83)16-17-56(78)84/h5-17,28,31,40,44,58-61,65,80-81,85-87H,18-27,29-30,32-39H2,1-4H3,(H,71,82)(H,89,90)(H,91,92)(H,73,75,88)/t40?,44-,58-,59-,60+,61-,65+,68?,69?,70?/m0/s1. The molecular weight excluding hydrogens is 1320 g/mol. The maximum atomic E-state index is 14.3. The maximum absolute atomic E-state index is 14.3. The summed E-state index contributed by atoms with van der Waals surface area (Å²) in [6, 6.07) is 21.1. The lowest BCUT2D eigenvalue weighted by molar-refractivity contribution is -0.271. The second-order valence-electron chi connectivity index (χ2n) is 27.1. The van der Waals surface area contributed by atoms with E-state index in [2.05, 4.69) is 36.4 Å². The number of aliphatic hydroxyl groups excluding tert-OH is 5. The Hall–Kier alpha value is -8.98. The molecule has 3 aliphatic heterocycles. The van der Waals surface area contributed by atoms with E-state index in [0.29, 0.717) is 66.0 Å². The molecule has 30 heteroatoms. The van der Waals surface area contributed by atoms with Gasteiger partial charge in [0.1, 0.15) is 55.4 Å². The first-order valence-corrected chi connectivity index (χ1v) is 34.0. The van der Waals surface area contributed by atoms with Crippen LogP contribution in [0.2, 0.25) is 0 Å². The second-order valence-corrected chi connectivity index (χ2v) is 28.2. The van der Waals surface area contributed by atoms with Crippen LogP contribution in [-0.4, -0.2) is 215 Å². The van der Waals surface area contributed by atoms with Gasteiger partial charge in [-0.05, 0) is 122 Å². The Balaban J connectivity index is 0.742. The fraction of sp³-hybridized carbons (Fsp3) is 0.486. The third kappa shape index (κ3) is 16.7. The van der Waals surface area contributed by atoms with Gasteiger partial charge >= 0.3 is 18.0 Å². The summed E-state index contributed by atoms with van der Waals surface area (Å²) >= 11 is 1.39. The molecule has 9 N–H and O–H groups in total. The van der Waals surface area contributed by atoms with Crippen molar-refractivity contribution in [1.29, 1.82) is 0 Å². The van der Waals surface area contributed by atoms with Gasteiger partial charge < -0.3 is 79.3 Å². The van der Waals surface area contributed by atoms with E-state index in [1.54, 1.807) is 18.3 Å². The van der Waals surface area contributed by atoms with Gasteiger partial charge in [-0.2, -0.15) is 5.10 Å². The lowest BCUT2D eigenvalue weighted by atomic mass is 9.51. The van der Waals surface area contributed by atoms with Crippen LogP contribution in [0.5, 0.6) is 11.5 Å². The van der Waals surface area contributed by atoms with Crippen molar-refractivity contribution in [2.75, 3.05) is 76.0 Å². The molecule has 3 aromatic carbocycles. The summed E-state index contributed by atoms with van der Waals surface area (Å²) in [5, 5.41) is 83.0. The van der Waals surface area contributed by atoms with E-state index in [1.165, 1.54) is 34.4 Å². The molecule has 5 amide bonds. The van der Waals surface area contributed by atoms with Crippen LogP contribution in [0.4, 0.5) is 15.7 Å². The maximum Gasteiger partial charge on any atom is 0.410 e. The minimum atomic E-state index is -1.97. The number of nitrogens with zero attached hydrogens (tertiary/aromatic N) is 7. The minimum absolute atomic E-state index is 0.000168. The zero-order valence-corrected chi connectivity index (χ0v) is 56.6. The molecule has 6 aromatic rings. The van der Waals surface area contributed by atoms with E-state index < -0.39 is 97.9 Å². The lowest BCUT2D eigenvalue weighted by Crippen LogP contribution is -2.61. The van der Waals surface area contributed by atoms with Crippen molar-refractivity contribution in [3.8, 4) is 22.6 Å². The van der Waals surface area contributed by atoms with Crippen molar-refractivity contribution in [1.82, 2.24) is 34.9 Å². The van der Waals surface area contributed by atoms with Gasteiger partial charge in [0.15, 0.2) is 16.9 Å². The summed E-state index contributed by atoms with van der Waals surface area (Å²) in [4.78, 5) is 103. The topological polar surface area (TPSA) is 394 Å². The molecule has 2 bridgehead atoms. The van der Waals surface area contributed by atoms with Gasteiger partial charge in [-0.25, -0.2) is 24.4 Å². The Morgan fingerprint density at radius 2 is 1.66 bits per heavy atom. The highest BCUT2D eigenvalue weighted by molar-refractivity contribution is 7.22. The number of rotatable bonds is 29. The summed E-state index contributed by atoms with van der Waals surface area (Å²) in [5.41, 5.74) is 3.92. The predicted octanol–water partition coefficient (Wildman–Crippen LogP) is 4.85. The number of aliphatic carboxylic acids is 1. The number of fused-ring (bicyclic) bond motifs is 4. The molecule has 2 saturated carbocycles. The number of aliphatic hydroxyl groups is 5. The van der Waals surface area contributed by atoms with Gasteiger partial charge in [-0.15, -0.1) is 0 Å². The van der Waals surface area contributed by atoms with Crippen LogP contribution in [0, 0.1) is 23.7 Å². The summed E-state index contributed by atoms with van der Waals surface area (Å²) in [7, 11) is 0. The molecule has 3 aromatic heterocycles. The number of para-hydroxylation sites is 1. The van der Waals surface area contributed by atoms with E-state index in [9.17, 15) is 69.3 Å². The largest absolute Gasteiger partial charge is 0.491 e. The molecule has 5 aliphatic rings. The molecule has 10 atom stereocenters. The normalized spacial score (nSPS) is 24.4. The molecule has 100 heavy (non-hydrogen) atoms. The molecule has 11 rings (SSSR count). The van der Waals surface area contributed by atoms with E-state index >= 15 is 0 Å². The highest BCUT2D eigenvalue weighted by atomic mass is 32.1. The van der Waals surface area contributed by atoms with Crippen LogP contribution in [0.25, 0.3) is 21.3 Å². The van der Waals surface area contributed by atoms with Crippen molar-refractivity contribution >= 4 is 74.2 Å². The minimum Gasteiger partial charge on any atom is -0.491 e. The molecule has 3 fully saturated rings. The first-order chi connectivity index (χ1) is 47.8. The van der Waals surface area contributed by atoms with Crippen molar-refractivity contribution in [3.05, 3.63) is 125 Å². The molecule has 534 valence electrons. The number of thiazole rings is 1. The van der Waals surface area contributed by atoms with Gasteiger partial charge in [-0.1, -0.05) is 56.4 Å². The van der Waals surface area contributed by atoms with Crippen LogP contribution in [0.1, 0.15) is 103 Å². The Labute approximate surface area is 579 Å². The number of carboxylic acids is 2. The quantitative estimate of drug-likeness (QED) is 0.0224. The number of pyridine rings is 1. The molecule has 0 spiro atoms. The average Bonchev–Trinajstić information content (AvgIpc) is 0.877. The van der Waals surface area contributed by atoms with Crippen LogP contribution < -0.4 is 25.0 Å². The summed E-state index contributed by atoms with van der Waals surface area (Å²) < 4.78 is 38.6. The predicted molar refractivity (Wildman–Crippen MR) is 359 cm³/mol. The Morgan fingerprint density at radius 3 is 2.42 bits per heavy atom. The molecule has 6 heterocycles. The Morgan fingerprint density at radius 1 is 0.870 bits per heavy atom. The number of nitrogens with one attached hydrogen (secondary N) is 2. The zero-order chi connectivity index (χ0) is 71.2. The van der Waals surface area contributed by atoms with Crippen LogP contribution in [-0.2, 0) is 64.2 Å². The number of ether oxygens (including phenoxy) is 6. The van der Waals surface area contributed by atoms with Gasteiger partial charge in [0.25, 0.3) is 17.7 Å². The fourth-order valence-corrected chi connectivity index (χ4v) is 15.9. The van der Waals surface area contributed by atoms with Crippen molar-refractivity contribution < 1.29 is 97.7 Å². The summed E-state index contributed by atoms with van der Waals surface area (Å²) in [6.45, 7) is 8.48. The van der Waals surface area contributed by atoms with Gasteiger partial charge in [0.05, 0.1) is 54.5 Å². The number of carbonyl (C=O) groups excluding carboxylic acids is 5. The summed E-state index contributed by atoms with van der Waals surface area (Å²) in [6.07, 6.45) is -3.16. The van der Waals surface area contributed by atoms with Crippen molar-refractivity contribution in [2.45, 2.75) is 135 Å². The van der Waals surface area contributed by atoms with Gasteiger partial charge in [0.2, 0.25) is 12.2 Å². The number of hydrogen-bond donors (Lipinski definition) is 9. The van der Waals surface area contributed by atoms with Crippen LogP contribution in [0.15, 0.2) is 91.1 Å². The number of aromatic nitrogens is 4. The Kier molecular flexibility index (Phi) is 22.3. The molecule has 0 radical (unpaired) electrons. The number of hydrogen-bond acceptors (Lipinski definition) is 23. The monoisotopic (exact) mass is 1400 g/mol. The third-order valence-electron chi connectivity index (χ3n) is 19.0. The first kappa shape index (κ1) is 72.3. The average molecular weight is 1400 g/mol. The molecule has 1 saturated heterocycles.